The molecule has 1 heterocycles. The molecular weight excluding hydrogens is 272 g/mol. The molecule has 0 aliphatic rings. The topological polar surface area (TPSA) is 79.7 Å². The Kier molecular flexibility index (Phi) is 4.37. The molecule has 110 valence electrons. The number of nitrogens with zero attached hydrogens (tertiary/aromatic N) is 2. The molecule has 6 heteroatoms. The molecule has 0 saturated carbocycles. The number of ether oxygens (including phenoxy) is 1. The molecule has 0 bridgehead atoms. The van der Waals surface area contributed by atoms with Crippen molar-refractivity contribution in [3.05, 3.63) is 36.0 Å². The molecule has 1 N–H and O–H groups in total. The van der Waals surface area contributed by atoms with Crippen molar-refractivity contribution in [3.8, 4) is 5.75 Å². The van der Waals surface area contributed by atoms with Gasteiger partial charge in [0.2, 0.25) is 0 Å². The zero-order valence-corrected chi connectivity index (χ0v) is 11.9. The minimum absolute atomic E-state index is 0.111. The van der Waals surface area contributed by atoms with Crippen LogP contribution in [-0.4, -0.2) is 47.1 Å². The number of benzene rings is 1. The number of aromatic hydroxyl groups is 1. The van der Waals surface area contributed by atoms with Crippen LogP contribution in [0.25, 0.3) is 10.9 Å². The molecule has 0 fully saturated rings. The number of carbonyl (C=O) groups is 2. The number of hydrogen-bond acceptors (Lipinski definition) is 5. The highest BCUT2D eigenvalue weighted by Gasteiger charge is 2.16. The number of pyridine rings is 1. The van der Waals surface area contributed by atoms with Crippen molar-refractivity contribution in [3.63, 3.8) is 0 Å². The van der Waals surface area contributed by atoms with E-state index < -0.39 is 5.97 Å². The number of phenolic OH excluding ortho intramolecular Hbond substituents is 1. The van der Waals surface area contributed by atoms with E-state index in [1.165, 1.54) is 30.3 Å². The highest BCUT2D eigenvalue weighted by Crippen LogP contribution is 2.19. The highest BCUT2D eigenvalue weighted by molar-refractivity contribution is 5.98. The van der Waals surface area contributed by atoms with Crippen molar-refractivity contribution in [1.82, 2.24) is 9.88 Å². The Morgan fingerprint density at radius 1 is 1.33 bits per heavy atom. The van der Waals surface area contributed by atoms with Crippen molar-refractivity contribution in [2.75, 3.05) is 20.2 Å². The summed E-state index contributed by atoms with van der Waals surface area (Å²) in [5, 5.41) is 10.1. The van der Waals surface area contributed by atoms with Crippen LogP contribution < -0.4 is 0 Å². The first-order valence-electron chi connectivity index (χ1n) is 6.51. The summed E-state index contributed by atoms with van der Waals surface area (Å²) >= 11 is 0. The van der Waals surface area contributed by atoms with Gasteiger partial charge < -0.3 is 14.7 Å². The molecule has 2 rings (SSSR count). The first-order chi connectivity index (χ1) is 10.0. The van der Waals surface area contributed by atoms with Gasteiger partial charge in [0.15, 0.2) is 0 Å². The molecule has 0 radical (unpaired) electrons. The fourth-order valence-electron chi connectivity index (χ4n) is 1.92. The zero-order valence-electron chi connectivity index (χ0n) is 11.9. The summed E-state index contributed by atoms with van der Waals surface area (Å²) in [5.41, 5.74) is 0.972. The zero-order chi connectivity index (χ0) is 15.4. The van der Waals surface area contributed by atoms with E-state index in [0.29, 0.717) is 11.1 Å². The van der Waals surface area contributed by atoms with Crippen LogP contribution in [0.2, 0.25) is 0 Å². The summed E-state index contributed by atoms with van der Waals surface area (Å²) in [6, 6.07) is 6.40. The second-order valence-corrected chi connectivity index (χ2v) is 4.57. The Balaban J connectivity index is 2.19. The third-order valence-electron chi connectivity index (χ3n) is 2.93. The number of carbonyl (C=O) groups excluding carboxylic acids is 2. The molecule has 0 saturated heterocycles. The van der Waals surface area contributed by atoms with E-state index in [1.54, 1.807) is 19.1 Å². The monoisotopic (exact) mass is 288 g/mol. The lowest BCUT2D eigenvalue weighted by atomic mass is 10.1. The molecule has 0 atom stereocenters. The Bertz CT molecular complexity index is 684. The lowest BCUT2D eigenvalue weighted by Crippen LogP contribution is -2.33. The van der Waals surface area contributed by atoms with Gasteiger partial charge in [0.25, 0.3) is 5.91 Å². The fraction of sp³-hybridized carbons (Fsp3) is 0.267. The van der Waals surface area contributed by atoms with Gasteiger partial charge in [-0.2, -0.15) is 0 Å². The maximum absolute atomic E-state index is 12.2. The summed E-state index contributed by atoms with van der Waals surface area (Å²) in [7, 11) is 1.53. The number of fused-ring (bicyclic) bond motifs is 1. The molecule has 1 aromatic heterocycles. The van der Waals surface area contributed by atoms with Crippen LogP contribution in [0.5, 0.6) is 5.75 Å². The molecule has 2 aromatic rings. The van der Waals surface area contributed by atoms with Crippen molar-refractivity contribution in [2.45, 2.75) is 6.92 Å². The maximum Gasteiger partial charge on any atom is 0.325 e. The predicted octanol–water partition coefficient (Wildman–Crippen LogP) is 1.58. The number of amides is 1. The molecule has 21 heavy (non-hydrogen) atoms. The van der Waals surface area contributed by atoms with Crippen LogP contribution in [-0.2, 0) is 9.53 Å². The van der Waals surface area contributed by atoms with E-state index in [2.05, 4.69) is 4.98 Å². The number of esters is 1. The van der Waals surface area contributed by atoms with Gasteiger partial charge >= 0.3 is 5.97 Å². The van der Waals surface area contributed by atoms with Gasteiger partial charge in [0, 0.05) is 24.7 Å². The van der Waals surface area contributed by atoms with E-state index in [4.69, 9.17) is 4.74 Å². The summed E-state index contributed by atoms with van der Waals surface area (Å²) < 4.78 is 4.81. The first kappa shape index (κ1) is 14.8. The second kappa shape index (κ2) is 6.21. The molecular formula is C15H16N2O4. The molecule has 0 spiro atoms. The Hall–Kier alpha value is -2.63. The van der Waals surface area contributed by atoms with Gasteiger partial charge in [-0.15, -0.1) is 0 Å². The van der Waals surface area contributed by atoms with Gasteiger partial charge in [0.05, 0.1) is 17.7 Å². The van der Waals surface area contributed by atoms with E-state index in [0.717, 1.165) is 5.39 Å². The number of likely N-dealkylation sites (N-methyl/N-ethyl adjacent to an activating group) is 1. The predicted molar refractivity (Wildman–Crippen MR) is 77.0 cm³/mol. The van der Waals surface area contributed by atoms with Gasteiger partial charge in [-0.05, 0) is 25.1 Å². The summed E-state index contributed by atoms with van der Waals surface area (Å²) in [5.74, 6) is -0.647. The Labute approximate surface area is 122 Å². The lowest BCUT2D eigenvalue weighted by Gasteiger charge is -2.16. The van der Waals surface area contributed by atoms with Crippen LogP contribution in [0.4, 0.5) is 0 Å². The van der Waals surface area contributed by atoms with E-state index >= 15 is 0 Å². The van der Waals surface area contributed by atoms with Crippen molar-refractivity contribution >= 4 is 22.8 Å². The largest absolute Gasteiger partial charge is 0.508 e. The van der Waals surface area contributed by atoms with E-state index in [-0.39, 0.29) is 24.8 Å². The van der Waals surface area contributed by atoms with Crippen LogP contribution in [0.1, 0.15) is 17.3 Å². The average molecular weight is 288 g/mol. The SMILES string of the molecule is CCOC(=O)CN(C)C(=O)c1cnc2cc(O)ccc2c1. The first-order valence-corrected chi connectivity index (χ1v) is 6.51. The molecule has 0 unspecified atom stereocenters. The smallest absolute Gasteiger partial charge is 0.325 e. The molecule has 1 amide bonds. The van der Waals surface area contributed by atoms with Gasteiger partial charge in [0.1, 0.15) is 12.3 Å². The third-order valence-corrected chi connectivity index (χ3v) is 2.93. The van der Waals surface area contributed by atoms with Crippen molar-refractivity contribution in [1.29, 1.82) is 0 Å². The van der Waals surface area contributed by atoms with Crippen molar-refractivity contribution in [2.24, 2.45) is 0 Å². The Morgan fingerprint density at radius 2 is 2.10 bits per heavy atom. The summed E-state index contributed by atoms with van der Waals surface area (Å²) in [4.78, 5) is 29.0. The van der Waals surface area contributed by atoms with Crippen LogP contribution in [0, 0.1) is 0 Å². The molecule has 0 aliphatic carbocycles. The number of rotatable bonds is 4. The van der Waals surface area contributed by atoms with Crippen LogP contribution in [0.3, 0.4) is 0 Å². The lowest BCUT2D eigenvalue weighted by molar-refractivity contribution is -0.143. The quantitative estimate of drug-likeness (QED) is 0.864. The normalized spacial score (nSPS) is 10.4. The van der Waals surface area contributed by atoms with Gasteiger partial charge in [-0.25, -0.2) is 0 Å². The minimum Gasteiger partial charge on any atom is -0.508 e. The summed E-state index contributed by atoms with van der Waals surface area (Å²) in [6.07, 6.45) is 1.42. The van der Waals surface area contributed by atoms with Gasteiger partial charge in [-0.3, -0.25) is 14.6 Å². The summed E-state index contributed by atoms with van der Waals surface area (Å²) in [6.45, 7) is 1.88. The van der Waals surface area contributed by atoms with Crippen LogP contribution >= 0.6 is 0 Å². The minimum atomic E-state index is -0.452. The molecule has 6 nitrogen and oxygen atoms in total. The molecule has 0 aliphatic heterocycles. The standard InChI is InChI=1S/C15H16N2O4/c1-3-21-14(19)9-17(2)15(20)11-6-10-4-5-12(18)7-13(10)16-8-11/h4-8,18H,3,9H2,1-2H3. The van der Waals surface area contributed by atoms with E-state index in [9.17, 15) is 14.7 Å². The maximum atomic E-state index is 12.2. The highest BCUT2D eigenvalue weighted by atomic mass is 16.5. The van der Waals surface area contributed by atoms with Crippen LogP contribution in [0.15, 0.2) is 30.5 Å². The number of phenols is 1. The van der Waals surface area contributed by atoms with Crippen molar-refractivity contribution < 1.29 is 19.4 Å². The molecule has 1 aromatic carbocycles. The number of aromatic nitrogens is 1. The van der Waals surface area contributed by atoms with E-state index in [1.807, 2.05) is 0 Å². The Morgan fingerprint density at radius 3 is 2.81 bits per heavy atom. The number of hydrogen-bond donors (Lipinski definition) is 1. The average Bonchev–Trinajstić information content (AvgIpc) is 2.46. The fourth-order valence-corrected chi connectivity index (χ4v) is 1.92. The second-order valence-electron chi connectivity index (χ2n) is 4.57. The third kappa shape index (κ3) is 3.47. The van der Waals surface area contributed by atoms with Gasteiger partial charge in [-0.1, -0.05) is 0 Å².